The highest BCUT2D eigenvalue weighted by atomic mass is 16.3. The highest BCUT2D eigenvalue weighted by Crippen LogP contribution is 2.29. The van der Waals surface area contributed by atoms with Gasteiger partial charge in [0.15, 0.2) is 5.82 Å². The Kier molecular flexibility index (Phi) is 3.79. The lowest BCUT2D eigenvalue weighted by molar-refractivity contribution is 0.411. The Labute approximate surface area is 124 Å². The number of aryl methyl sites for hydroxylation is 1. The zero-order valence-electron chi connectivity index (χ0n) is 12.2. The summed E-state index contributed by atoms with van der Waals surface area (Å²) in [5.74, 6) is 2.12. The highest BCUT2D eigenvalue weighted by Gasteiger charge is 2.21. The summed E-state index contributed by atoms with van der Waals surface area (Å²) in [7, 11) is 0. The van der Waals surface area contributed by atoms with Crippen LogP contribution in [-0.4, -0.2) is 39.9 Å². The molecule has 0 unspecified atom stereocenters. The van der Waals surface area contributed by atoms with Crippen molar-refractivity contribution in [3.63, 3.8) is 0 Å². The molecule has 0 bridgehead atoms. The zero-order valence-corrected chi connectivity index (χ0v) is 12.2. The van der Waals surface area contributed by atoms with E-state index in [0.29, 0.717) is 23.3 Å². The van der Waals surface area contributed by atoms with Gasteiger partial charge in [-0.05, 0) is 44.4 Å². The molecule has 0 aliphatic carbocycles. The van der Waals surface area contributed by atoms with Crippen LogP contribution in [0, 0.1) is 12.8 Å². The van der Waals surface area contributed by atoms with E-state index in [1.54, 1.807) is 6.07 Å². The van der Waals surface area contributed by atoms with Gasteiger partial charge in [0, 0.05) is 13.1 Å². The van der Waals surface area contributed by atoms with Crippen molar-refractivity contribution in [3.8, 4) is 17.1 Å². The third-order valence-corrected chi connectivity index (χ3v) is 4.11. The van der Waals surface area contributed by atoms with Gasteiger partial charge in [0.05, 0.1) is 5.56 Å². The predicted octanol–water partition coefficient (Wildman–Crippen LogP) is 1.66. The summed E-state index contributed by atoms with van der Waals surface area (Å²) in [5, 5.41) is 17.2. The average molecular weight is 287 g/mol. The number of phenols is 1. The van der Waals surface area contributed by atoms with E-state index in [0.717, 1.165) is 38.0 Å². The second-order valence-electron chi connectivity index (χ2n) is 5.67. The average Bonchev–Trinajstić information content (AvgIpc) is 2.99. The van der Waals surface area contributed by atoms with Crippen molar-refractivity contribution < 1.29 is 5.11 Å². The maximum Gasteiger partial charge on any atom is 0.245 e. The van der Waals surface area contributed by atoms with Gasteiger partial charge in [-0.2, -0.15) is 4.98 Å². The van der Waals surface area contributed by atoms with Gasteiger partial charge in [-0.15, -0.1) is 5.10 Å². The number of nitrogens with two attached hydrogens (primary N) is 1. The van der Waals surface area contributed by atoms with Crippen LogP contribution < -0.4 is 10.6 Å². The first-order valence-electron chi connectivity index (χ1n) is 7.35. The minimum Gasteiger partial charge on any atom is -0.507 e. The number of benzene rings is 1. The van der Waals surface area contributed by atoms with E-state index in [4.69, 9.17) is 5.73 Å². The van der Waals surface area contributed by atoms with Crippen molar-refractivity contribution in [2.45, 2.75) is 19.8 Å². The van der Waals surface area contributed by atoms with Crippen LogP contribution in [0.25, 0.3) is 11.4 Å². The third-order valence-electron chi connectivity index (χ3n) is 4.11. The number of aromatic hydroxyl groups is 1. The summed E-state index contributed by atoms with van der Waals surface area (Å²) in [4.78, 5) is 6.69. The molecule has 1 aromatic carbocycles. The summed E-state index contributed by atoms with van der Waals surface area (Å²) in [5.41, 5.74) is 7.47. The standard InChI is InChI=1S/C15H21N5O/c1-10-2-3-13(21)12(8-10)14-17-15(19-18-14)20-6-4-11(9-16)5-7-20/h2-3,8,11,21H,4-7,9,16H2,1H3,(H,17,18,19). The number of rotatable bonds is 3. The minimum absolute atomic E-state index is 0.213. The number of anilines is 1. The molecule has 0 radical (unpaired) electrons. The lowest BCUT2D eigenvalue weighted by Crippen LogP contribution is -2.36. The van der Waals surface area contributed by atoms with E-state index in [9.17, 15) is 5.11 Å². The molecule has 4 N–H and O–H groups in total. The molecule has 0 atom stereocenters. The fraction of sp³-hybridized carbons (Fsp3) is 0.467. The normalized spacial score (nSPS) is 16.4. The Morgan fingerprint density at radius 1 is 1.38 bits per heavy atom. The van der Waals surface area contributed by atoms with Gasteiger partial charge in [0.25, 0.3) is 0 Å². The fourth-order valence-electron chi connectivity index (χ4n) is 2.72. The summed E-state index contributed by atoms with van der Waals surface area (Å²) in [6.07, 6.45) is 2.16. The number of hydrogen-bond acceptors (Lipinski definition) is 5. The number of piperidine rings is 1. The van der Waals surface area contributed by atoms with Gasteiger partial charge >= 0.3 is 0 Å². The van der Waals surface area contributed by atoms with Crippen molar-refractivity contribution in [3.05, 3.63) is 23.8 Å². The molecule has 2 heterocycles. The molecular weight excluding hydrogens is 266 g/mol. The van der Waals surface area contributed by atoms with Crippen LogP contribution in [0.3, 0.4) is 0 Å². The van der Waals surface area contributed by atoms with Crippen LogP contribution in [0.5, 0.6) is 5.75 Å². The van der Waals surface area contributed by atoms with Gasteiger partial charge in [-0.3, -0.25) is 5.10 Å². The fourth-order valence-corrected chi connectivity index (χ4v) is 2.72. The SMILES string of the molecule is Cc1ccc(O)c(-c2nc(N3CCC(CN)CC3)n[nH]2)c1. The number of hydrogen-bond donors (Lipinski definition) is 3. The molecule has 0 spiro atoms. The molecule has 6 heteroatoms. The first-order valence-corrected chi connectivity index (χ1v) is 7.35. The second kappa shape index (κ2) is 5.73. The van der Waals surface area contributed by atoms with Crippen molar-refractivity contribution in [1.82, 2.24) is 15.2 Å². The van der Waals surface area contributed by atoms with Crippen molar-refractivity contribution >= 4 is 5.95 Å². The maximum absolute atomic E-state index is 9.96. The third kappa shape index (κ3) is 2.85. The van der Waals surface area contributed by atoms with E-state index < -0.39 is 0 Å². The van der Waals surface area contributed by atoms with Crippen LogP contribution in [0.15, 0.2) is 18.2 Å². The van der Waals surface area contributed by atoms with Crippen molar-refractivity contribution in [2.75, 3.05) is 24.5 Å². The molecule has 1 fully saturated rings. The van der Waals surface area contributed by atoms with Crippen LogP contribution in [0.4, 0.5) is 5.95 Å². The number of H-pyrrole nitrogens is 1. The maximum atomic E-state index is 9.96. The Morgan fingerprint density at radius 2 is 2.14 bits per heavy atom. The van der Waals surface area contributed by atoms with Gasteiger partial charge in [0.1, 0.15) is 5.75 Å². The van der Waals surface area contributed by atoms with E-state index in [1.807, 2.05) is 19.1 Å². The topological polar surface area (TPSA) is 91.1 Å². The minimum atomic E-state index is 0.213. The molecule has 0 saturated carbocycles. The summed E-state index contributed by atoms with van der Waals surface area (Å²) >= 11 is 0. The van der Waals surface area contributed by atoms with E-state index in [2.05, 4.69) is 20.1 Å². The lowest BCUT2D eigenvalue weighted by atomic mass is 9.97. The van der Waals surface area contributed by atoms with Gasteiger partial charge < -0.3 is 15.7 Å². The summed E-state index contributed by atoms with van der Waals surface area (Å²) in [6, 6.07) is 5.45. The molecule has 1 aliphatic rings. The number of nitrogens with one attached hydrogen (secondary N) is 1. The Morgan fingerprint density at radius 3 is 2.86 bits per heavy atom. The molecule has 1 aliphatic heterocycles. The molecule has 112 valence electrons. The molecule has 2 aromatic rings. The van der Waals surface area contributed by atoms with Crippen LogP contribution >= 0.6 is 0 Å². The van der Waals surface area contributed by atoms with Crippen molar-refractivity contribution in [2.24, 2.45) is 11.7 Å². The number of aromatic nitrogens is 3. The number of aromatic amines is 1. The van der Waals surface area contributed by atoms with Crippen LogP contribution in [-0.2, 0) is 0 Å². The van der Waals surface area contributed by atoms with Crippen molar-refractivity contribution in [1.29, 1.82) is 0 Å². The molecule has 1 saturated heterocycles. The molecule has 6 nitrogen and oxygen atoms in total. The zero-order chi connectivity index (χ0) is 14.8. The van der Waals surface area contributed by atoms with Gasteiger partial charge in [-0.25, -0.2) is 0 Å². The first kappa shape index (κ1) is 13.9. The molecule has 3 rings (SSSR count). The quantitative estimate of drug-likeness (QED) is 0.798. The Hall–Kier alpha value is -2.08. The molecule has 21 heavy (non-hydrogen) atoms. The number of nitrogens with zero attached hydrogens (tertiary/aromatic N) is 3. The van der Waals surface area contributed by atoms with Gasteiger partial charge in [-0.1, -0.05) is 11.6 Å². The predicted molar refractivity (Wildman–Crippen MR) is 82.2 cm³/mol. The smallest absolute Gasteiger partial charge is 0.245 e. The molecule has 1 aromatic heterocycles. The number of phenolic OH excluding ortho intramolecular Hbond substituents is 1. The van der Waals surface area contributed by atoms with E-state index in [1.165, 1.54) is 0 Å². The van der Waals surface area contributed by atoms with E-state index in [-0.39, 0.29) is 5.75 Å². The summed E-state index contributed by atoms with van der Waals surface area (Å²) in [6.45, 7) is 4.60. The molecular formula is C15H21N5O. The van der Waals surface area contributed by atoms with E-state index >= 15 is 0 Å². The first-order chi connectivity index (χ1) is 10.2. The lowest BCUT2D eigenvalue weighted by Gasteiger charge is -2.30. The van der Waals surface area contributed by atoms with Gasteiger partial charge in [0.2, 0.25) is 5.95 Å². The monoisotopic (exact) mass is 287 g/mol. The second-order valence-corrected chi connectivity index (χ2v) is 5.67. The van der Waals surface area contributed by atoms with Crippen LogP contribution in [0.2, 0.25) is 0 Å². The molecule has 0 amide bonds. The largest absolute Gasteiger partial charge is 0.507 e. The summed E-state index contributed by atoms with van der Waals surface area (Å²) < 4.78 is 0. The Bertz CT molecular complexity index is 616. The highest BCUT2D eigenvalue weighted by molar-refractivity contribution is 5.65. The van der Waals surface area contributed by atoms with Crippen LogP contribution in [0.1, 0.15) is 18.4 Å². The Balaban J connectivity index is 1.79.